The second kappa shape index (κ2) is 5.86. The number of nitrogens with zero attached hydrogens (tertiary/aromatic N) is 1. The van der Waals surface area contributed by atoms with Crippen molar-refractivity contribution in [3.05, 3.63) is 0 Å². The number of rotatable bonds is 3. The van der Waals surface area contributed by atoms with Gasteiger partial charge in [-0.3, -0.25) is 0 Å². The van der Waals surface area contributed by atoms with Crippen molar-refractivity contribution in [2.45, 2.75) is 26.3 Å². The highest BCUT2D eigenvalue weighted by Gasteiger charge is 2.28. The number of carboxylic acid groups (broad SMARTS) is 1. The van der Waals surface area contributed by atoms with Crippen molar-refractivity contribution in [1.82, 2.24) is 10.2 Å². The van der Waals surface area contributed by atoms with Crippen LogP contribution in [0.2, 0.25) is 0 Å². The van der Waals surface area contributed by atoms with Crippen LogP contribution in [-0.4, -0.2) is 52.9 Å². The molecule has 0 spiro atoms. The van der Waals surface area contributed by atoms with E-state index in [0.717, 1.165) is 6.42 Å². The van der Waals surface area contributed by atoms with Gasteiger partial charge in [-0.1, -0.05) is 13.8 Å². The fourth-order valence-corrected chi connectivity index (χ4v) is 1.87. The number of hydrogen-bond acceptors (Lipinski definition) is 3. The molecule has 0 aromatic heterocycles. The molecule has 0 radical (unpaired) electrons. The molecule has 1 aliphatic rings. The fourth-order valence-electron chi connectivity index (χ4n) is 1.87. The summed E-state index contributed by atoms with van der Waals surface area (Å²) in [5.74, 6) is -0.238. The molecule has 0 aromatic rings. The minimum Gasteiger partial charge on any atom is -0.480 e. The third-order valence-corrected chi connectivity index (χ3v) is 3.40. The zero-order valence-corrected chi connectivity index (χ0v) is 10.2. The molecule has 6 nitrogen and oxygen atoms in total. The summed E-state index contributed by atoms with van der Waals surface area (Å²) in [5, 5.41) is 19.9. The number of amides is 2. The van der Waals surface area contributed by atoms with Crippen molar-refractivity contribution < 1.29 is 19.8 Å². The maximum atomic E-state index is 11.8. The van der Waals surface area contributed by atoms with E-state index in [0.29, 0.717) is 24.9 Å². The van der Waals surface area contributed by atoms with E-state index in [4.69, 9.17) is 10.2 Å². The molecule has 98 valence electrons. The highest BCUT2D eigenvalue weighted by atomic mass is 16.4. The summed E-state index contributed by atoms with van der Waals surface area (Å²) in [6.45, 7) is 4.89. The average molecular weight is 244 g/mol. The highest BCUT2D eigenvalue weighted by molar-refractivity contribution is 5.82. The van der Waals surface area contributed by atoms with Gasteiger partial charge in [0, 0.05) is 13.1 Å². The fraction of sp³-hybridized carbons (Fsp3) is 0.818. The molecule has 0 bridgehead atoms. The highest BCUT2D eigenvalue weighted by Crippen LogP contribution is 2.22. The normalized spacial score (nSPS) is 26.4. The molecule has 1 fully saturated rings. The largest absolute Gasteiger partial charge is 0.480 e. The summed E-state index contributed by atoms with van der Waals surface area (Å²) in [6, 6.07) is -1.64. The Kier molecular flexibility index (Phi) is 4.74. The number of likely N-dealkylation sites (tertiary alicyclic amines) is 1. The van der Waals surface area contributed by atoms with Gasteiger partial charge in [0.05, 0.1) is 6.61 Å². The molecule has 3 atom stereocenters. The van der Waals surface area contributed by atoms with E-state index < -0.39 is 24.6 Å². The van der Waals surface area contributed by atoms with E-state index >= 15 is 0 Å². The minimum atomic E-state index is -1.22. The molecule has 6 heteroatoms. The van der Waals surface area contributed by atoms with Gasteiger partial charge in [0.2, 0.25) is 0 Å². The van der Waals surface area contributed by atoms with Gasteiger partial charge in [0.25, 0.3) is 0 Å². The Balaban J connectivity index is 2.50. The summed E-state index contributed by atoms with van der Waals surface area (Å²) in [4.78, 5) is 24.0. The molecule has 0 saturated carbocycles. The van der Waals surface area contributed by atoms with Crippen LogP contribution in [-0.2, 0) is 4.79 Å². The molecular weight excluding hydrogens is 224 g/mol. The van der Waals surface area contributed by atoms with E-state index in [9.17, 15) is 9.59 Å². The van der Waals surface area contributed by atoms with Crippen LogP contribution in [0.1, 0.15) is 20.3 Å². The molecular formula is C11H20N2O4. The summed E-state index contributed by atoms with van der Waals surface area (Å²) in [5.41, 5.74) is 0. The van der Waals surface area contributed by atoms with E-state index in [2.05, 4.69) is 19.2 Å². The van der Waals surface area contributed by atoms with Crippen molar-refractivity contribution in [2.75, 3.05) is 19.7 Å². The lowest BCUT2D eigenvalue weighted by atomic mass is 9.89. The number of carbonyl (C=O) groups is 2. The number of urea groups is 1. The van der Waals surface area contributed by atoms with Gasteiger partial charge in [-0.25, -0.2) is 9.59 Å². The van der Waals surface area contributed by atoms with Crippen LogP contribution in [0.15, 0.2) is 0 Å². The maximum absolute atomic E-state index is 11.8. The maximum Gasteiger partial charge on any atom is 0.328 e. The molecule has 17 heavy (non-hydrogen) atoms. The van der Waals surface area contributed by atoms with Crippen molar-refractivity contribution in [3.63, 3.8) is 0 Å². The standard InChI is InChI=1S/C11H20N2O4/c1-7-3-4-13(5-8(7)2)11(17)12-9(6-14)10(15)16/h7-9,14H,3-6H2,1-2H3,(H,12,17)(H,15,16)/t7?,8?,9-/m0/s1. The number of hydrogen-bond donors (Lipinski definition) is 3. The second-order valence-electron chi connectivity index (χ2n) is 4.71. The van der Waals surface area contributed by atoms with Crippen molar-refractivity contribution in [2.24, 2.45) is 11.8 Å². The summed E-state index contributed by atoms with van der Waals surface area (Å²) >= 11 is 0. The SMILES string of the molecule is CC1CCN(C(=O)N[C@@H](CO)C(=O)O)CC1C. The lowest BCUT2D eigenvalue weighted by Gasteiger charge is -2.35. The molecule has 1 heterocycles. The molecule has 3 N–H and O–H groups in total. The van der Waals surface area contributed by atoms with Gasteiger partial charge in [-0.2, -0.15) is 0 Å². The van der Waals surface area contributed by atoms with Crippen molar-refractivity contribution >= 4 is 12.0 Å². The third kappa shape index (κ3) is 3.59. The van der Waals surface area contributed by atoms with Gasteiger partial charge in [0.15, 0.2) is 6.04 Å². The summed E-state index contributed by atoms with van der Waals surface area (Å²) in [6.07, 6.45) is 0.922. The molecule has 1 rings (SSSR count). The Labute approximate surface area is 101 Å². The number of aliphatic carboxylic acids is 1. The molecule has 2 unspecified atom stereocenters. The van der Waals surface area contributed by atoms with Gasteiger partial charge in [0.1, 0.15) is 0 Å². The van der Waals surface area contributed by atoms with Crippen LogP contribution in [0.5, 0.6) is 0 Å². The predicted octanol–water partition coefficient (Wildman–Crippen LogP) is 0.119. The van der Waals surface area contributed by atoms with Crippen LogP contribution < -0.4 is 5.32 Å². The van der Waals surface area contributed by atoms with E-state index in [-0.39, 0.29) is 0 Å². The molecule has 2 amide bonds. The molecule has 0 aliphatic carbocycles. The number of nitrogens with one attached hydrogen (secondary N) is 1. The number of carboxylic acids is 1. The Bertz CT molecular complexity index is 295. The Morgan fingerprint density at radius 2 is 2.06 bits per heavy atom. The number of aliphatic hydroxyl groups excluding tert-OH is 1. The third-order valence-electron chi connectivity index (χ3n) is 3.40. The van der Waals surface area contributed by atoms with E-state index in [1.54, 1.807) is 4.90 Å². The van der Waals surface area contributed by atoms with Crippen LogP contribution in [0.3, 0.4) is 0 Å². The lowest BCUT2D eigenvalue weighted by Crippen LogP contribution is -2.52. The number of aliphatic hydroxyl groups is 1. The van der Waals surface area contributed by atoms with Crippen LogP contribution in [0, 0.1) is 11.8 Å². The first-order chi connectivity index (χ1) is 7.95. The van der Waals surface area contributed by atoms with E-state index in [1.807, 2.05) is 0 Å². The Hall–Kier alpha value is -1.30. The first kappa shape index (κ1) is 13.8. The van der Waals surface area contributed by atoms with E-state index in [1.165, 1.54) is 0 Å². The summed E-state index contributed by atoms with van der Waals surface area (Å²) < 4.78 is 0. The minimum absolute atomic E-state index is 0.409. The quantitative estimate of drug-likeness (QED) is 0.657. The zero-order valence-electron chi connectivity index (χ0n) is 10.2. The van der Waals surface area contributed by atoms with Gasteiger partial charge in [-0.15, -0.1) is 0 Å². The monoisotopic (exact) mass is 244 g/mol. The van der Waals surface area contributed by atoms with Crippen LogP contribution >= 0.6 is 0 Å². The molecule has 1 aliphatic heterocycles. The van der Waals surface area contributed by atoms with Gasteiger partial charge in [-0.05, 0) is 18.3 Å². The smallest absolute Gasteiger partial charge is 0.328 e. The number of carbonyl (C=O) groups excluding carboxylic acids is 1. The predicted molar refractivity (Wildman–Crippen MR) is 61.6 cm³/mol. The van der Waals surface area contributed by atoms with Crippen LogP contribution in [0.25, 0.3) is 0 Å². The number of piperidine rings is 1. The van der Waals surface area contributed by atoms with Crippen molar-refractivity contribution in [1.29, 1.82) is 0 Å². The van der Waals surface area contributed by atoms with Gasteiger partial charge >= 0.3 is 12.0 Å². The summed E-state index contributed by atoms with van der Waals surface area (Å²) in [7, 11) is 0. The zero-order chi connectivity index (χ0) is 13.0. The second-order valence-corrected chi connectivity index (χ2v) is 4.71. The Morgan fingerprint density at radius 1 is 1.41 bits per heavy atom. The first-order valence-electron chi connectivity index (χ1n) is 5.84. The van der Waals surface area contributed by atoms with Crippen molar-refractivity contribution in [3.8, 4) is 0 Å². The molecule has 0 aromatic carbocycles. The topological polar surface area (TPSA) is 89.9 Å². The van der Waals surface area contributed by atoms with Crippen LogP contribution in [0.4, 0.5) is 4.79 Å². The first-order valence-corrected chi connectivity index (χ1v) is 5.84. The molecule has 1 saturated heterocycles. The lowest BCUT2D eigenvalue weighted by molar-refractivity contribution is -0.140. The van der Waals surface area contributed by atoms with Gasteiger partial charge < -0.3 is 20.4 Å². The Morgan fingerprint density at radius 3 is 2.53 bits per heavy atom. The average Bonchev–Trinajstić information content (AvgIpc) is 2.28.